The molecule has 1 unspecified atom stereocenters. The van der Waals surface area contributed by atoms with Gasteiger partial charge in [0.25, 0.3) is 0 Å². The van der Waals surface area contributed by atoms with Crippen molar-refractivity contribution in [3.63, 3.8) is 0 Å². The van der Waals surface area contributed by atoms with Gasteiger partial charge in [-0.2, -0.15) is 0 Å². The minimum absolute atomic E-state index is 0.337. The Kier molecular flexibility index (Phi) is 7.61. The Morgan fingerprint density at radius 3 is 2.67 bits per heavy atom. The number of esters is 1. The van der Waals surface area contributed by atoms with Crippen LogP contribution in [0.3, 0.4) is 0 Å². The largest absolute Gasteiger partial charge is 0.493 e. The van der Waals surface area contributed by atoms with Crippen LogP contribution < -0.4 is 15.2 Å². The number of carbonyl (C=O) groups is 1. The number of nitrogens with two attached hydrogens (primary N) is 1. The van der Waals surface area contributed by atoms with Gasteiger partial charge in [0, 0.05) is 0 Å². The summed E-state index contributed by atoms with van der Waals surface area (Å²) in [5.41, 5.74) is 6.56. The molecule has 0 aliphatic heterocycles. The number of rotatable bonds is 9. The number of hydrogen-bond donors (Lipinski definition) is 1. The van der Waals surface area contributed by atoms with Crippen LogP contribution in [0.25, 0.3) is 0 Å². The van der Waals surface area contributed by atoms with E-state index >= 15 is 0 Å². The van der Waals surface area contributed by atoms with E-state index in [9.17, 15) is 4.79 Å². The van der Waals surface area contributed by atoms with Crippen molar-refractivity contribution >= 4 is 5.97 Å². The summed E-state index contributed by atoms with van der Waals surface area (Å²) in [6, 6.07) is 5.62. The standard InChI is InChI=1S/C16H25NO4/c1-4-7-14(16(18)20-5-2)21-15-12(10-11-17)8-6-9-13(15)19-3/h6,8-9,14H,4-5,7,10-11,17H2,1-3H3. The number of ether oxygens (including phenoxy) is 3. The lowest BCUT2D eigenvalue weighted by molar-refractivity contribution is -0.151. The van der Waals surface area contributed by atoms with Crippen LogP contribution in [0.2, 0.25) is 0 Å². The van der Waals surface area contributed by atoms with E-state index in [1.54, 1.807) is 14.0 Å². The molecule has 0 spiro atoms. The Bertz CT molecular complexity index is 448. The molecule has 1 atom stereocenters. The summed E-state index contributed by atoms with van der Waals surface area (Å²) >= 11 is 0. The molecule has 1 aromatic rings. The Morgan fingerprint density at radius 2 is 2.10 bits per heavy atom. The molecule has 0 fully saturated rings. The van der Waals surface area contributed by atoms with Gasteiger partial charge in [-0.1, -0.05) is 25.5 Å². The average molecular weight is 295 g/mol. The van der Waals surface area contributed by atoms with Crippen molar-refractivity contribution in [1.82, 2.24) is 0 Å². The van der Waals surface area contributed by atoms with Crippen molar-refractivity contribution in [2.24, 2.45) is 5.73 Å². The second-order valence-electron chi connectivity index (χ2n) is 4.63. The highest BCUT2D eigenvalue weighted by molar-refractivity contribution is 5.75. The van der Waals surface area contributed by atoms with Crippen LogP contribution in [0.15, 0.2) is 18.2 Å². The highest BCUT2D eigenvalue weighted by atomic mass is 16.6. The molecular weight excluding hydrogens is 270 g/mol. The van der Waals surface area contributed by atoms with E-state index in [1.165, 1.54) is 0 Å². The van der Waals surface area contributed by atoms with E-state index in [0.29, 0.717) is 37.5 Å². The van der Waals surface area contributed by atoms with Gasteiger partial charge in [0.2, 0.25) is 0 Å². The van der Waals surface area contributed by atoms with Crippen LogP contribution in [0, 0.1) is 0 Å². The van der Waals surface area contributed by atoms with Crippen molar-refractivity contribution in [2.75, 3.05) is 20.3 Å². The molecule has 0 saturated heterocycles. The Balaban J connectivity index is 3.03. The predicted molar refractivity (Wildman–Crippen MR) is 81.7 cm³/mol. The molecule has 0 aliphatic carbocycles. The Hall–Kier alpha value is -1.75. The molecule has 21 heavy (non-hydrogen) atoms. The zero-order chi connectivity index (χ0) is 15.7. The number of benzene rings is 1. The van der Waals surface area contributed by atoms with Crippen LogP contribution in [0.5, 0.6) is 11.5 Å². The van der Waals surface area contributed by atoms with Gasteiger partial charge in [-0.3, -0.25) is 0 Å². The highest BCUT2D eigenvalue weighted by Crippen LogP contribution is 2.33. The van der Waals surface area contributed by atoms with Crippen molar-refractivity contribution < 1.29 is 19.0 Å². The third-order valence-electron chi connectivity index (χ3n) is 3.05. The molecule has 1 rings (SSSR count). The van der Waals surface area contributed by atoms with E-state index in [1.807, 2.05) is 25.1 Å². The van der Waals surface area contributed by atoms with Gasteiger partial charge in [-0.15, -0.1) is 0 Å². The maximum atomic E-state index is 12.0. The van der Waals surface area contributed by atoms with Crippen LogP contribution in [-0.4, -0.2) is 32.3 Å². The lowest BCUT2D eigenvalue weighted by atomic mass is 10.1. The fraction of sp³-hybridized carbons (Fsp3) is 0.562. The number of para-hydroxylation sites is 1. The molecule has 0 bridgehead atoms. The molecule has 0 amide bonds. The summed E-state index contributed by atoms with van der Waals surface area (Å²) in [5, 5.41) is 0. The summed E-state index contributed by atoms with van der Waals surface area (Å²) in [5.74, 6) is 0.840. The summed E-state index contributed by atoms with van der Waals surface area (Å²) in [7, 11) is 1.58. The van der Waals surface area contributed by atoms with Crippen molar-refractivity contribution in [3.05, 3.63) is 23.8 Å². The third-order valence-corrected chi connectivity index (χ3v) is 3.05. The molecular formula is C16H25NO4. The summed E-state index contributed by atoms with van der Waals surface area (Å²) in [4.78, 5) is 12.0. The van der Waals surface area contributed by atoms with E-state index in [4.69, 9.17) is 19.9 Å². The van der Waals surface area contributed by atoms with E-state index in [-0.39, 0.29) is 5.97 Å². The summed E-state index contributed by atoms with van der Waals surface area (Å²) < 4.78 is 16.3. The van der Waals surface area contributed by atoms with Crippen molar-refractivity contribution in [1.29, 1.82) is 0 Å². The molecule has 118 valence electrons. The minimum Gasteiger partial charge on any atom is -0.493 e. The van der Waals surface area contributed by atoms with Crippen molar-refractivity contribution in [2.45, 2.75) is 39.2 Å². The lowest BCUT2D eigenvalue weighted by Crippen LogP contribution is -2.30. The fourth-order valence-corrected chi connectivity index (χ4v) is 2.07. The quantitative estimate of drug-likeness (QED) is 0.708. The lowest BCUT2D eigenvalue weighted by Gasteiger charge is -2.21. The normalized spacial score (nSPS) is 11.8. The number of hydrogen-bond acceptors (Lipinski definition) is 5. The first kappa shape index (κ1) is 17.3. The smallest absolute Gasteiger partial charge is 0.347 e. The molecule has 0 heterocycles. The molecule has 5 heteroatoms. The molecule has 0 aliphatic rings. The van der Waals surface area contributed by atoms with E-state index in [2.05, 4.69) is 0 Å². The van der Waals surface area contributed by atoms with Crippen molar-refractivity contribution in [3.8, 4) is 11.5 Å². The minimum atomic E-state index is -0.622. The molecule has 2 N–H and O–H groups in total. The summed E-state index contributed by atoms with van der Waals surface area (Å²) in [6.07, 6.45) is 1.46. The maximum Gasteiger partial charge on any atom is 0.347 e. The van der Waals surface area contributed by atoms with Crippen LogP contribution in [0.4, 0.5) is 0 Å². The van der Waals surface area contributed by atoms with Gasteiger partial charge in [0.05, 0.1) is 13.7 Å². The molecule has 0 aromatic heterocycles. The van der Waals surface area contributed by atoms with Crippen LogP contribution in [0.1, 0.15) is 32.3 Å². The highest BCUT2D eigenvalue weighted by Gasteiger charge is 2.23. The average Bonchev–Trinajstić information content (AvgIpc) is 2.48. The van der Waals surface area contributed by atoms with Gasteiger partial charge in [-0.25, -0.2) is 4.79 Å². The van der Waals surface area contributed by atoms with Gasteiger partial charge >= 0.3 is 5.97 Å². The van der Waals surface area contributed by atoms with E-state index < -0.39 is 6.10 Å². The van der Waals surface area contributed by atoms with Gasteiger partial charge in [-0.05, 0) is 37.9 Å². The Morgan fingerprint density at radius 1 is 1.33 bits per heavy atom. The van der Waals surface area contributed by atoms with Gasteiger partial charge in [0.1, 0.15) is 0 Å². The first-order chi connectivity index (χ1) is 10.2. The zero-order valence-electron chi connectivity index (χ0n) is 13.1. The molecule has 5 nitrogen and oxygen atoms in total. The number of carbonyl (C=O) groups excluding carboxylic acids is 1. The first-order valence-electron chi connectivity index (χ1n) is 7.37. The number of methoxy groups -OCH3 is 1. The third kappa shape index (κ3) is 4.93. The monoisotopic (exact) mass is 295 g/mol. The first-order valence-corrected chi connectivity index (χ1v) is 7.37. The topological polar surface area (TPSA) is 70.8 Å². The zero-order valence-corrected chi connectivity index (χ0v) is 13.1. The molecule has 1 aromatic carbocycles. The predicted octanol–water partition coefficient (Wildman–Crippen LogP) is 2.31. The SMILES string of the molecule is CCCC(Oc1c(CCN)cccc1OC)C(=O)OCC. The second kappa shape index (κ2) is 9.23. The molecule has 0 saturated carbocycles. The fourth-order valence-electron chi connectivity index (χ4n) is 2.07. The second-order valence-corrected chi connectivity index (χ2v) is 4.63. The van der Waals surface area contributed by atoms with Gasteiger partial charge < -0.3 is 19.9 Å². The Labute approximate surface area is 126 Å². The van der Waals surface area contributed by atoms with Crippen LogP contribution >= 0.6 is 0 Å². The maximum absolute atomic E-state index is 12.0. The van der Waals surface area contributed by atoms with E-state index in [0.717, 1.165) is 12.0 Å². The van der Waals surface area contributed by atoms with Gasteiger partial charge in [0.15, 0.2) is 17.6 Å². The van der Waals surface area contributed by atoms with Crippen LogP contribution in [-0.2, 0) is 16.0 Å². The summed E-state index contributed by atoms with van der Waals surface area (Å²) in [6.45, 7) is 4.62. The molecule has 0 radical (unpaired) electrons.